The van der Waals surface area contributed by atoms with Crippen LogP contribution in [0.4, 0.5) is 5.69 Å². The highest BCUT2D eigenvalue weighted by atomic mass is 16.6. The molecule has 1 aromatic carbocycles. The largest absolute Gasteiger partial charge is 0.707 e. The predicted octanol–water partition coefficient (Wildman–Crippen LogP) is 0.101. The summed E-state index contributed by atoms with van der Waals surface area (Å²) in [6.07, 6.45) is 0. The van der Waals surface area contributed by atoms with Crippen LogP contribution in [0, 0.1) is 0 Å². The number of rotatable bonds is 3. The van der Waals surface area contributed by atoms with Crippen LogP contribution in [0.25, 0.3) is 0 Å². The summed E-state index contributed by atoms with van der Waals surface area (Å²) in [5.41, 5.74) is 0.514. The monoisotopic (exact) mass is 182 g/mol. The summed E-state index contributed by atoms with van der Waals surface area (Å²) in [5, 5.41) is 17.3. The van der Waals surface area contributed by atoms with E-state index in [1.165, 1.54) is 0 Å². The summed E-state index contributed by atoms with van der Waals surface area (Å²) in [7, 11) is 1.64. The molecule has 0 unspecified atom stereocenters. The van der Waals surface area contributed by atoms with E-state index in [0.717, 1.165) is 0 Å². The van der Waals surface area contributed by atoms with Crippen molar-refractivity contribution in [2.75, 3.05) is 19.0 Å². The molecule has 0 amide bonds. The van der Waals surface area contributed by atoms with E-state index in [1.54, 1.807) is 37.2 Å². The van der Waals surface area contributed by atoms with Gasteiger partial charge in [-0.05, 0) is 12.1 Å². The van der Waals surface area contributed by atoms with E-state index >= 15 is 0 Å². The van der Waals surface area contributed by atoms with Crippen LogP contribution in [0.3, 0.4) is 0 Å². The summed E-state index contributed by atoms with van der Waals surface area (Å²) in [4.78, 5) is 1.68. The van der Waals surface area contributed by atoms with Gasteiger partial charge in [-0.3, -0.25) is 0 Å². The van der Waals surface area contributed by atoms with E-state index in [1.807, 2.05) is 0 Å². The van der Waals surface area contributed by atoms with Gasteiger partial charge >= 0.3 is 7.32 Å². The summed E-state index contributed by atoms with van der Waals surface area (Å²) < 4.78 is 12.3. The summed E-state index contributed by atoms with van der Waals surface area (Å²) >= 11 is 0. The quantitative estimate of drug-likeness (QED) is 0.651. The van der Waals surface area contributed by atoms with Crippen molar-refractivity contribution in [2.24, 2.45) is 0 Å². The zero-order valence-corrected chi connectivity index (χ0v) is 7.56. The fourth-order valence-corrected chi connectivity index (χ4v) is 0.971. The average Bonchev–Trinajstić information content (AvgIpc) is 2.01. The smallest absolute Gasteiger partial charge is 0.510 e. The maximum absolute atomic E-state index is 8.66. The fourth-order valence-electron chi connectivity index (χ4n) is 0.971. The average molecular weight is 182 g/mol. The molecule has 0 heterocycles. The molecule has 2 N–H and O–H groups in total. The van der Waals surface area contributed by atoms with Crippen LogP contribution in [0.1, 0.15) is 1.37 Å². The van der Waals surface area contributed by atoms with Crippen molar-refractivity contribution >= 4 is 13.0 Å². The van der Waals surface area contributed by atoms with Gasteiger partial charge in [0.25, 0.3) is 0 Å². The predicted molar refractivity (Wildman–Crippen MR) is 51.6 cm³/mol. The highest BCUT2D eigenvalue weighted by Crippen LogP contribution is 2.25. The second kappa shape index (κ2) is 4.16. The summed E-state index contributed by atoms with van der Waals surface area (Å²) in [5.74, 6) is 0.275. The van der Waals surface area contributed by atoms with Crippen molar-refractivity contribution in [2.45, 2.75) is 0 Å². The molecule has 13 heavy (non-hydrogen) atoms. The lowest BCUT2D eigenvalue weighted by atomic mass is 10.2. The normalized spacial score (nSPS) is 10.6. The first-order valence-electron chi connectivity index (χ1n) is 4.32. The Morgan fingerprint density at radius 3 is 2.69 bits per heavy atom. The molecule has 70 valence electrons. The third-order valence-corrected chi connectivity index (χ3v) is 1.48. The van der Waals surface area contributed by atoms with E-state index < -0.39 is 7.32 Å². The van der Waals surface area contributed by atoms with Gasteiger partial charge in [0.15, 0.2) is 0 Å². The summed E-state index contributed by atoms with van der Waals surface area (Å²) in [6.45, 7) is 0. The Morgan fingerprint density at radius 1 is 1.46 bits per heavy atom. The lowest BCUT2D eigenvalue weighted by Crippen LogP contribution is -2.22. The number of nitrogens with zero attached hydrogens (tertiary/aromatic N) is 1. The van der Waals surface area contributed by atoms with Gasteiger partial charge in [-0.15, -0.1) is 0 Å². The molecular weight excluding hydrogens is 169 g/mol. The molecule has 0 bridgehead atoms. The molecule has 0 atom stereocenters. The molecule has 5 heteroatoms. The highest BCUT2D eigenvalue weighted by Gasteiger charge is 2.14. The number of para-hydroxylation sites is 2. The van der Waals surface area contributed by atoms with E-state index in [4.69, 9.17) is 16.1 Å². The Balaban J connectivity index is 3.08. The van der Waals surface area contributed by atoms with Crippen molar-refractivity contribution in [1.82, 2.24) is 0 Å². The van der Waals surface area contributed by atoms with Crippen LogP contribution in [0.5, 0.6) is 5.75 Å². The minimum absolute atomic E-state index is 0.271. The topological polar surface area (TPSA) is 52.9 Å². The van der Waals surface area contributed by atoms with Crippen LogP contribution in [0.2, 0.25) is 0 Å². The molecule has 0 spiro atoms. The Bertz CT molecular complexity index is 319. The molecule has 1 aromatic rings. The minimum atomic E-state index is -1.87. The van der Waals surface area contributed by atoms with E-state index in [-0.39, 0.29) is 11.8 Å². The fraction of sp³-hybridized carbons (Fsp3) is 0.250. The molecule has 4 nitrogen and oxygen atoms in total. The lowest BCUT2D eigenvalue weighted by molar-refractivity contribution is 0.288. The third-order valence-electron chi connectivity index (χ3n) is 1.48. The third kappa shape index (κ3) is 2.64. The van der Waals surface area contributed by atoms with Crippen molar-refractivity contribution in [3.63, 3.8) is 0 Å². The molecule has 1 rings (SSSR count). The number of benzene rings is 1. The lowest BCUT2D eigenvalue weighted by Gasteiger charge is -2.17. The van der Waals surface area contributed by atoms with Crippen molar-refractivity contribution in [3.05, 3.63) is 24.2 Å². The number of anilines is 1. The maximum atomic E-state index is 8.66. The molecule has 0 aliphatic heterocycles. The zero-order valence-electron chi connectivity index (χ0n) is 8.56. The number of hydrogen-bond donors (Lipinski definition) is 2. The van der Waals surface area contributed by atoms with Gasteiger partial charge < -0.3 is 19.6 Å². The Hall–Kier alpha value is -1.20. The molecule has 0 aliphatic rings. The first kappa shape index (κ1) is 8.41. The first-order chi connectivity index (χ1) is 6.52. The highest BCUT2D eigenvalue weighted by molar-refractivity contribution is 6.33. The molecule has 0 aromatic heterocycles. The van der Waals surface area contributed by atoms with Crippen LogP contribution in [0.15, 0.2) is 24.2 Å². The van der Waals surface area contributed by atoms with Gasteiger partial charge in [-0.1, -0.05) is 12.1 Å². The Labute approximate surface area is 79.0 Å². The van der Waals surface area contributed by atoms with E-state index in [0.29, 0.717) is 5.69 Å². The molecular formula is C8H12BNO3. The van der Waals surface area contributed by atoms with Crippen LogP contribution in [-0.4, -0.2) is 31.5 Å². The van der Waals surface area contributed by atoms with Crippen LogP contribution < -0.4 is 9.55 Å². The van der Waals surface area contributed by atoms with Crippen LogP contribution >= 0.6 is 0 Å². The second-order valence-electron chi connectivity index (χ2n) is 2.72. The maximum Gasteiger partial charge on any atom is 0.707 e. The SMILES string of the molecule is [2H]c1cccc(OB(O)O)c1N(C)C. The van der Waals surface area contributed by atoms with Crippen molar-refractivity contribution in [3.8, 4) is 5.75 Å². The molecule has 0 aliphatic carbocycles. The van der Waals surface area contributed by atoms with Gasteiger partial charge in [-0.25, -0.2) is 0 Å². The second-order valence-corrected chi connectivity index (χ2v) is 2.72. The van der Waals surface area contributed by atoms with Crippen molar-refractivity contribution in [1.29, 1.82) is 0 Å². The Morgan fingerprint density at radius 2 is 2.15 bits per heavy atom. The van der Waals surface area contributed by atoms with Crippen LogP contribution in [-0.2, 0) is 0 Å². The number of hydrogen-bond acceptors (Lipinski definition) is 4. The van der Waals surface area contributed by atoms with Gasteiger partial charge in [0, 0.05) is 14.1 Å². The van der Waals surface area contributed by atoms with Crippen molar-refractivity contribution < 1.29 is 16.1 Å². The minimum Gasteiger partial charge on any atom is -0.510 e. The van der Waals surface area contributed by atoms with Gasteiger partial charge in [-0.2, -0.15) is 0 Å². The molecule has 0 radical (unpaired) electrons. The van der Waals surface area contributed by atoms with Gasteiger partial charge in [0.2, 0.25) is 0 Å². The van der Waals surface area contributed by atoms with E-state index in [2.05, 4.69) is 0 Å². The Kier molecular flexibility index (Phi) is 2.69. The zero-order chi connectivity index (χ0) is 10.7. The first-order valence-corrected chi connectivity index (χ1v) is 3.82. The molecule has 0 saturated heterocycles. The molecule has 0 fully saturated rings. The van der Waals surface area contributed by atoms with E-state index in [9.17, 15) is 0 Å². The summed E-state index contributed by atoms with van der Waals surface area (Å²) in [6, 6.07) is 5.07. The standard InChI is InChI=1S/C8H12BNO3/c1-10(2)7-5-3-4-6-8(7)13-9(11)12/h3-6,11-12H,1-2H3/i5D. The van der Waals surface area contributed by atoms with Gasteiger partial charge in [0.05, 0.1) is 7.06 Å². The van der Waals surface area contributed by atoms with Gasteiger partial charge in [0.1, 0.15) is 5.75 Å². The molecule has 0 saturated carbocycles.